The van der Waals surface area contributed by atoms with E-state index in [1.165, 1.54) is 0 Å². The van der Waals surface area contributed by atoms with Gasteiger partial charge in [-0.1, -0.05) is 21.6 Å². The first-order chi connectivity index (χ1) is 12.2. The minimum absolute atomic E-state index is 0.0931. The molecule has 0 fully saturated rings. The summed E-state index contributed by atoms with van der Waals surface area (Å²) in [4.78, 5) is 22.5. The summed E-state index contributed by atoms with van der Waals surface area (Å²) in [5.74, 6) is -0.269. The van der Waals surface area contributed by atoms with Crippen molar-refractivity contribution in [1.82, 2.24) is 5.43 Å². The Morgan fingerprint density at radius 3 is 2.50 bits per heavy atom. The largest absolute Gasteiger partial charge is 0.494 e. The maximum Gasteiger partial charge on any atom is 0.303 e. The maximum atomic E-state index is 12.0. The van der Waals surface area contributed by atoms with Crippen LogP contribution in [0, 0.1) is 0 Å². The first-order valence-corrected chi connectivity index (χ1v) is 10.8. The van der Waals surface area contributed by atoms with Crippen LogP contribution in [0.4, 0.5) is 0 Å². The van der Waals surface area contributed by atoms with Gasteiger partial charge in [-0.2, -0.15) is 5.10 Å². The molecule has 1 aromatic rings. The fourth-order valence-electron chi connectivity index (χ4n) is 2.10. The molecule has 144 valence electrons. The first kappa shape index (κ1) is 22.4. The lowest BCUT2D eigenvalue weighted by Gasteiger charge is -2.20. The van der Waals surface area contributed by atoms with E-state index in [4.69, 9.17) is 9.84 Å². The minimum atomic E-state index is -0.826. The van der Waals surface area contributed by atoms with E-state index >= 15 is 0 Å². The molecule has 0 aliphatic carbocycles. The summed E-state index contributed by atoms with van der Waals surface area (Å²) in [5, 5.41) is 12.7. The number of hydrogen-bond donors (Lipinski definition) is 2. The van der Waals surface area contributed by atoms with E-state index in [1.807, 2.05) is 39.2 Å². The minimum Gasteiger partial charge on any atom is -0.494 e. The normalized spacial score (nSPS) is 11.9. The first-order valence-electron chi connectivity index (χ1n) is 8.23. The smallest absolute Gasteiger partial charge is 0.303 e. The van der Waals surface area contributed by atoms with Crippen molar-refractivity contribution in [2.45, 2.75) is 44.8 Å². The van der Waals surface area contributed by atoms with Crippen LogP contribution in [0.5, 0.6) is 5.75 Å². The van der Waals surface area contributed by atoms with Crippen LogP contribution in [-0.4, -0.2) is 40.3 Å². The second kappa shape index (κ2) is 11.1. The van der Waals surface area contributed by atoms with Gasteiger partial charge in [-0.3, -0.25) is 9.59 Å². The van der Waals surface area contributed by atoms with Gasteiger partial charge in [-0.25, -0.2) is 5.43 Å². The summed E-state index contributed by atoms with van der Waals surface area (Å²) in [6, 6.07) is 7.31. The number of carboxylic acid groups (broad SMARTS) is 1. The average Bonchev–Trinajstić information content (AvgIpc) is 2.56. The highest BCUT2D eigenvalue weighted by Crippen LogP contribution is 2.36. The number of ether oxygens (including phenoxy) is 1. The molecule has 0 bridgehead atoms. The van der Waals surface area contributed by atoms with Crippen LogP contribution in [0.15, 0.2) is 29.4 Å². The number of nitrogens with one attached hydrogen (secondary N) is 1. The third-order valence-electron chi connectivity index (χ3n) is 3.32. The number of carbonyl (C=O) groups is 2. The van der Waals surface area contributed by atoms with Crippen LogP contribution in [-0.2, 0) is 9.59 Å². The van der Waals surface area contributed by atoms with Gasteiger partial charge >= 0.3 is 5.97 Å². The second-order valence-corrected chi connectivity index (χ2v) is 9.39. The van der Waals surface area contributed by atoms with Gasteiger partial charge in [0.15, 0.2) is 0 Å². The van der Waals surface area contributed by atoms with E-state index in [0.717, 1.165) is 5.56 Å². The fourth-order valence-corrected chi connectivity index (χ4v) is 4.27. The second-order valence-electron chi connectivity index (χ2n) is 6.29. The molecule has 0 aliphatic heterocycles. The zero-order chi connectivity index (χ0) is 19.6. The molecule has 6 nitrogen and oxygen atoms in total. The Morgan fingerprint density at radius 1 is 1.27 bits per heavy atom. The van der Waals surface area contributed by atoms with Gasteiger partial charge < -0.3 is 9.84 Å². The lowest BCUT2D eigenvalue weighted by atomic mass is 10.1. The van der Waals surface area contributed by atoms with Gasteiger partial charge in [-0.15, -0.1) is 0 Å². The SMILES string of the molecule is CSSC(C)(C)CC(=O)N/N=C(\C)c1ccc(OCCCC(=O)O)cc1. The van der Waals surface area contributed by atoms with Gasteiger partial charge in [0.2, 0.25) is 5.91 Å². The molecule has 1 aromatic carbocycles. The van der Waals surface area contributed by atoms with Crippen molar-refractivity contribution in [3.05, 3.63) is 29.8 Å². The maximum absolute atomic E-state index is 12.0. The number of hydrogen-bond acceptors (Lipinski definition) is 6. The van der Waals surface area contributed by atoms with E-state index in [-0.39, 0.29) is 17.1 Å². The van der Waals surface area contributed by atoms with Crippen LogP contribution in [0.25, 0.3) is 0 Å². The van der Waals surface area contributed by atoms with E-state index < -0.39 is 5.97 Å². The lowest BCUT2D eigenvalue weighted by Crippen LogP contribution is -2.27. The quantitative estimate of drug-likeness (QED) is 0.254. The Morgan fingerprint density at radius 2 is 1.92 bits per heavy atom. The molecular formula is C18H26N2O4S2. The molecular weight excluding hydrogens is 372 g/mol. The van der Waals surface area contributed by atoms with Crippen molar-refractivity contribution in [2.75, 3.05) is 12.9 Å². The van der Waals surface area contributed by atoms with E-state index in [2.05, 4.69) is 10.5 Å². The topological polar surface area (TPSA) is 88.0 Å². The monoisotopic (exact) mass is 398 g/mol. The van der Waals surface area contributed by atoms with Crippen molar-refractivity contribution >= 4 is 39.2 Å². The number of carbonyl (C=O) groups excluding carboxylic acids is 1. The molecule has 26 heavy (non-hydrogen) atoms. The molecule has 0 aromatic heterocycles. The predicted molar refractivity (Wildman–Crippen MR) is 109 cm³/mol. The zero-order valence-electron chi connectivity index (χ0n) is 15.6. The summed E-state index contributed by atoms with van der Waals surface area (Å²) in [5.41, 5.74) is 4.18. The molecule has 2 N–H and O–H groups in total. The summed E-state index contributed by atoms with van der Waals surface area (Å²) < 4.78 is 5.34. The van der Waals surface area contributed by atoms with Gasteiger partial charge in [-0.05, 0) is 63.3 Å². The van der Waals surface area contributed by atoms with Crippen molar-refractivity contribution in [2.24, 2.45) is 5.10 Å². The number of hydrazone groups is 1. The fraction of sp³-hybridized carbons (Fsp3) is 0.500. The third kappa shape index (κ3) is 9.15. The molecule has 0 radical (unpaired) electrons. The van der Waals surface area contributed by atoms with Crippen LogP contribution in [0.2, 0.25) is 0 Å². The van der Waals surface area contributed by atoms with E-state index in [0.29, 0.717) is 30.9 Å². The number of nitrogens with zero attached hydrogens (tertiary/aromatic N) is 1. The molecule has 0 unspecified atom stereocenters. The highest BCUT2D eigenvalue weighted by atomic mass is 33.1. The molecule has 1 rings (SSSR count). The number of benzene rings is 1. The predicted octanol–water partition coefficient (Wildman–Crippen LogP) is 3.95. The molecule has 8 heteroatoms. The van der Waals surface area contributed by atoms with Crippen molar-refractivity contribution in [3.63, 3.8) is 0 Å². The van der Waals surface area contributed by atoms with Crippen molar-refractivity contribution in [3.8, 4) is 5.75 Å². The highest BCUT2D eigenvalue weighted by Gasteiger charge is 2.22. The molecule has 0 aliphatic rings. The molecule has 0 saturated heterocycles. The van der Waals surface area contributed by atoms with E-state index in [1.54, 1.807) is 33.7 Å². The van der Waals surface area contributed by atoms with Crippen LogP contribution >= 0.6 is 21.6 Å². The van der Waals surface area contributed by atoms with Gasteiger partial charge in [0, 0.05) is 17.6 Å². The Hall–Kier alpha value is -1.67. The summed E-state index contributed by atoms with van der Waals surface area (Å²) in [7, 11) is 3.31. The van der Waals surface area contributed by atoms with Gasteiger partial charge in [0.25, 0.3) is 0 Å². The standard InChI is InChI=1S/C18H26N2O4S2/c1-13(19-20-16(21)12-18(2,3)26-25-4)14-7-9-15(10-8-14)24-11-5-6-17(22)23/h7-10H,5-6,11-12H2,1-4H3,(H,20,21)(H,22,23)/b19-13+. The van der Waals surface area contributed by atoms with Crippen LogP contribution < -0.4 is 10.2 Å². The summed E-state index contributed by atoms with van der Waals surface area (Å²) >= 11 is 0. The molecule has 0 spiro atoms. The highest BCUT2D eigenvalue weighted by molar-refractivity contribution is 8.76. The van der Waals surface area contributed by atoms with Gasteiger partial charge in [0.05, 0.1) is 12.3 Å². The number of carboxylic acids is 1. The lowest BCUT2D eigenvalue weighted by molar-refractivity contribution is -0.137. The molecule has 0 saturated carbocycles. The summed E-state index contributed by atoms with van der Waals surface area (Å²) in [6.07, 6.45) is 2.94. The van der Waals surface area contributed by atoms with E-state index in [9.17, 15) is 9.59 Å². The molecule has 1 amide bonds. The number of amides is 1. The number of aliphatic carboxylic acids is 1. The Balaban J connectivity index is 2.51. The Kier molecular flexibility index (Phi) is 9.58. The average molecular weight is 399 g/mol. The van der Waals surface area contributed by atoms with Crippen molar-refractivity contribution < 1.29 is 19.4 Å². The van der Waals surface area contributed by atoms with Gasteiger partial charge in [0.1, 0.15) is 5.75 Å². The van der Waals surface area contributed by atoms with Crippen LogP contribution in [0.3, 0.4) is 0 Å². The molecule has 0 atom stereocenters. The van der Waals surface area contributed by atoms with Crippen LogP contribution in [0.1, 0.15) is 45.6 Å². The number of rotatable bonds is 11. The summed E-state index contributed by atoms with van der Waals surface area (Å²) in [6.45, 7) is 6.24. The Labute approximate surface area is 162 Å². The van der Waals surface area contributed by atoms with Crippen molar-refractivity contribution in [1.29, 1.82) is 0 Å². The molecule has 0 heterocycles. The zero-order valence-corrected chi connectivity index (χ0v) is 17.2. The Bertz CT molecular complexity index is 631. The third-order valence-corrected chi connectivity index (χ3v) is 5.94.